The van der Waals surface area contributed by atoms with Gasteiger partial charge in [0.25, 0.3) is 0 Å². The molecule has 0 radical (unpaired) electrons. The second-order valence-corrected chi connectivity index (χ2v) is 3.19. The molecule has 0 aromatic heterocycles. The van der Waals surface area contributed by atoms with E-state index in [4.69, 9.17) is 4.74 Å². The van der Waals surface area contributed by atoms with Crippen molar-refractivity contribution in [1.82, 2.24) is 4.90 Å². The van der Waals surface area contributed by atoms with Crippen LogP contribution in [0.15, 0.2) is 37.5 Å². The Hall–Kier alpha value is -1.35. The second kappa shape index (κ2) is 10.7. The molecule has 0 heterocycles. The van der Waals surface area contributed by atoms with Gasteiger partial charge in [-0.05, 0) is 21.0 Å². The third kappa shape index (κ3) is 15.4. The maximum atomic E-state index is 10.8. The van der Waals surface area contributed by atoms with Crippen molar-refractivity contribution in [3.05, 3.63) is 37.5 Å². The highest BCUT2D eigenvalue weighted by atomic mass is 16.5. The normalized spacial score (nSPS) is 8.53. The standard InChI is InChI=1S/C8H15NO2.C4H6/c1-7(2)8(10)11-6-5-9(3)4;1-3-4-2/h1,5-6H2,2-4H3;3-4H,1-2H2. The molecule has 0 bridgehead atoms. The highest BCUT2D eigenvalue weighted by Crippen LogP contribution is 1.91. The highest BCUT2D eigenvalue weighted by molar-refractivity contribution is 5.86. The van der Waals surface area contributed by atoms with Crippen molar-refractivity contribution in [1.29, 1.82) is 0 Å². The Morgan fingerprint density at radius 2 is 1.80 bits per heavy atom. The Kier molecular flexibility index (Phi) is 11.5. The molecule has 0 saturated carbocycles. The van der Waals surface area contributed by atoms with E-state index < -0.39 is 0 Å². The minimum atomic E-state index is -0.313. The zero-order valence-electron chi connectivity index (χ0n) is 9.95. The summed E-state index contributed by atoms with van der Waals surface area (Å²) < 4.78 is 4.83. The van der Waals surface area contributed by atoms with Crippen molar-refractivity contribution in [2.24, 2.45) is 0 Å². The summed E-state index contributed by atoms with van der Waals surface area (Å²) in [6.07, 6.45) is 3.28. The topological polar surface area (TPSA) is 29.5 Å². The first kappa shape index (κ1) is 16.1. The van der Waals surface area contributed by atoms with Gasteiger partial charge in [-0.15, -0.1) is 0 Å². The lowest BCUT2D eigenvalue weighted by molar-refractivity contribution is -0.139. The highest BCUT2D eigenvalue weighted by Gasteiger charge is 2.01. The van der Waals surface area contributed by atoms with Crippen LogP contribution in [0, 0.1) is 0 Å². The van der Waals surface area contributed by atoms with Crippen LogP contribution in [0.2, 0.25) is 0 Å². The molecule has 0 unspecified atom stereocenters. The van der Waals surface area contributed by atoms with Crippen LogP contribution < -0.4 is 0 Å². The van der Waals surface area contributed by atoms with Gasteiger partial charge in [0.1, 0.15) is 6.61 Å². The Labute approximate surface area is 92.7 Å². The van der Waals surface area contributed by atoms with Gasteiger partial charge in [-0.2, -0.15) is 0 Å². The number of nitrogens with zero attached hydrogens (tertiary/aromatic N) is 1. The van der Waals surface area contributed by atoms with Crippen molar-refractivity contribution < 1.29 is 9.53 Å². The summed E-state index contributed by atoms with van der Waals surface area (Å²) in [5.74, 6) is -0.313. The van der Waals surface area contributed by atoms with Crippen LogP contribution in [-0.4, -0.2) is 38.1 Å². The molecule has 0 aliphatic carbocycles. The maximum Gasteiger partial charge on any atom is 0.333 e. The van der Waals surface area contributed by atoms with Crippen LogP contribution in [-0.2, 0) is 9.53 Å². The summed E-state index contributed by atoms with van der Waals surface area (Å²) in [6, 6.07) is 0. The first-order valence-electron chi connectivity index (χ1n) is 4.66. The van der Waals surface area contributed by atoms with Gasteiger partial charge in [0.15, 0.2) is 0 Å². The first-order chi connectivity index (χ1) is 6.95. The molecule has 3 nitrogen and oxygen atoms in total. The molecule has 0 amide bonds. The van der Waals surface area contributed by atoms with E-state index in [1.165, 1.54) is 0 Å². The number of likely N-dealkylation sites (N-methyl/N-ethyl adjacent to an activating group) is 1. The Morgan fingerprint density at radius 3 is 2.07 bits per heavy atom. The Morgan fingerprint density at radius 1 is 1.33 bits per heavy atom. The number of esters is 1. The molecular weight excluding hydrogens is 190 g/mol. The van der Waals surface area contributed by atoms with Crippen LogP contribution in [0.25, 0.3) is 0 Å². The van der Waals surface area contributed by atoms with Crippen molar-refractivity contribution >= 4 is 5.97 Å². The molecule has 0 atom stereocenters. The quantitative estimate of drug-likeness (QED) is 0.396. The average Bonchev–Trinajstić information content (AvgIpc) is 2.17. The maximum absolute atomic E-state index is 10.8. The number of hydrogen-bond donors (Lipinski definition) is 0. The largest absolute Gasteiger partial charge is 0.461 e. The number of carbonyl (C=O) groups excluding carboxylic acids is 1. The van der Waals surface area contributed by atoms with Crippen LogP contribution in [0.4, 0.5) is 0 Å². The van der Waals surface area contributed by atoms with Gasteiger partial charge in [0.2, 0.25) is 0 Å². The predicted octanol–water partition coefficient (Wildman–Crippen LogP) is 2.03. The van der Waals surface area contributed by atoms with Gasteiger partial charge < -0.3 is 9.64 Å². The van der Waals surface area contributed by atoms with Gasteiger partial charge in [-0.1, -0.05) is 31.9 Å². The van der Waals surface area contributed by atoms with E-state index in [0.717, 1.165) is 6.54 Å². The van der Waals surface area contributed by atoms with Gasteiger partial charge in [-0.25, -0.2) is 4.79 Å². The van der Waals surface area contributed by atoms with Gasteiger partial charge in [0, 0.05) is 12.1 Å². The Bertz CT molecular complexity index is 214. The molecule has 0 fully saturated rings. The monoisotopic (exact) mass is 211 g/mol. The van der Waals surface area contributed by atoms with Gasteiger partial charge in [-0.3, -0.25) is 0 Å². The summed E-state index contributed by atoms with van der Waals surface area (Å²) >= 11 is 0. The minimum Gasteiger partial charge on any atom is -0.461 e. The fourth-order valence-corrected chi connectivity index (χ4v) is 0.444. The average molecular weight is 211 g/mol. The van der Waals surface area contributed by atoms with Crippen molar-refractivity contribution in [3.63, 3.8) is 0 Å². The van der Waals surface area contributed by atoms with Crippen molar-refractivity contribution in [3.8, 4) is 0 Å². The molecule has 0 spiro atoms. The zero-order chi connectivity index (χ0) is 12.3. The summed E-state index contributed by atoms with van der Waals surface area (Å²) in [7, 11) is 3.85. The Balaban J connectivity index is 0. The molecule has 0 rings (SSSR count). The molecular formula is C12H21NO2. The molecule has 86 valence electrons. The minimum absolute atomic E-state index is 0.313. The molecule has 0 saturated heterocycles. The third-order valence-corrected chi connectivity index (χ3v) is 1.29. The summed E-state index contributed by atoms with van der Waals surface area (Å²) in [5.41, 5.74) is 0.448. The van der Waals surface area contributed by atoms with E-state index in [9.17, 15) is 4.79 Å². The summed E-state index contributed by atoms with van der Waals surface area (Å²) in [5, 5.41) is 0. The summed E-state index contributed by atoms with van der Waals surface area (Å²) in [4.78, 5) is 12.7. The molecule has 0 aromatic carbocycles. The lowest BCUT2D eigenvalue weighted by Crippen LogP contribution is -2.20. The van der Waals surface area contributed by atoms with E-state index in [-0.39, 0.29) is 5.97 Å². The third-order valence-electron chi connectivity index (χ3n) is 1.29. The van der Waals surface area contributed by atoms with Crippen LogP contribution in [0.1, 0.15) is 6.92 Å². The smallest absolute Gasteiger partial charge is 0.333 e. The predicted molar refractivity (Wildman–Crippen MR) is 64.7 cm³/mol. The fraction of sp³-hybridized carbons (Fsp3) is 0.417. The van der Waals surface area contributed by atoms with Crippen molar-refractivity contribution in [2.45, 2.75) is 6.92 Å². The van der Waals surface area contributed by atoms with Gasteiger partial charge in [0.05, 0.1) is 0 Å². The van der Waals surface area contributed by atoms with Crippen LogP contribution >= 0.6 is 0 Å². The van der Waals surface area contributed by atoms with Gasteiger partial charge >= 0.3 is 5.97 Å². The van der Waals surface area contributed by atoms with Crippen molar-refractivity contribution in [2.75, 3.05) is 27.2 Å². The number of allylic oxidation sites excluding steroid dienone is 2. The SMILES string of the molecule is C=C(C)C(=O)OCCN(C)C.C=CC=C. The first-order valence-corrected chi connectivity index (χ1v) is 4.66. The molecule has 0 aliphatic rings. The van der Waals surface area contributed by atoms with E-state index >= 15 is 0 Å². The molecule has 0 aromatic rings. The molecule has 15 heavy (non-hydrogen) atoms. The zero-order valence-corrected chi connectivity index (χ0v) is 9.95. The fourth-order valence-electron chi connectivity index (χ4n) is 0.444. The lowest BCUT2D eigenvalue weighted by atomic mass is 10.4. The van der Waals surface area contributed by atoms with E-state index in [1.54, 1.807) is 19.1 Å². The molecule has 0 aliphatic heterocycles. The van der Waals surface area contributed by atoms with Crippen LogP contribution in [0.5, 0.6) is 0 Å². The number of rotatable bonds is 5. The summed E-state index contributed by atoms with van der Waals surface area (Å²) in [6.45, 7) is 13.0. The number of carbonyl (C=O) groups is 1. The second-order valence-electron chi connectivity index (χ2n) is 3.19. The van der Waals surface area contributed by atoms with Crippen LogP contribution in [0.3, 0.4) is 0 Å². The number of hydrogen-bond acceptors (Lipinski definition) is 3. The molecule has 3 heteroatoms. The number of ether oxygens (including phenoxy) is 1. The molecule has 0 N–H and O–H groups in total. The van der Waals surface area contributed by atoms with E-state index in [1.807, 2.05) is 19.0 Å². The lowest BCUT2D eigenvalue weighted by Gasteiger charge is -2.09. The van der Waals surface area contributed by atoms with E-state index in [2.05, 4.69) is 19.7 Å². The van der Waals surface area contributed by atoms with E-state index in [0.29, 0.717) is 12.2 Å².